The van der Waals surface area contributed by atoms with Crippen LogP contribution in [0.3, 0.4) is 0 Å². The molecule has 0 fully saturated rings. The fraction of sp³-hybridized carbons (Fsp3) is 0.467. The molecule has 0 radical (unpaired) electrons. The van der Waals surface area contributed by atoms with Gasteiger partial charge < -0.3 is 15.1 Å². The van der Waals surface area contributed by atoms with Crippen LogP contribution in [-0.4, -0.2) is 42.4 Å². The van der Waals surface area contributed by atoms with Gasteiger partial charge in [-0.05, 0) is 31.5 Å². The summed E-state index contributed by atoms with van der Waals surface area (Å²) < 4.78 is 0. The van der Waals surface area contributed by atoms with E-state index in [1.807, 2.05) is 38.1 Å². The first-order valence-electron chi connectivity index (χ1n) is 6.96. The first-order valence-corrected chi connectivity index (χ1v) is 7.33. The molecule has 0 bridgehead atoms. The molecule has 1 aromatic rings. The van der Waals surface area contributed by atoms with Gasteiger partial charge in [0.25, 0.3) is 0 Å². The number of amides is 2. The van der Waals surface area contributed by atoms with Gasteiger partial charge >= 0.3 is 6.03 Å². The summed E-state index contributed by atoms with van der Waals surface area (Å²) in [6, 6.07) is 7.51. The van der Waals surface area contributed by atoms with Gasteiger partial charge in [-0.2, -0.15) is 0 Å². The van der Waals surface area contributed by atoms with E-state index in [-0.39, 0.29) is 18.2 Å². The lowest BCUT2D eigenvalue weighted by Crippen LogP contribution is -2.43. The highest BCUT2D eigenvalue weighted by atomic mass is 35.5. The van der Waals surface area contributed by atoms with Crippen molar-refractivity contribution in [2.45, 2.75) is 32.4 Å². The zero-order valence-electron chi connectivity index (χ0n) is 12.5. The standard InChI is InChI=1S/C15H20ClN3O2/c1-10(2)17-15(20)19(3)9-13-8-14(18-21-13)11-4-6-12(16)7-5-11/h4-7,10,13H,8-9H2,1-3H3,(H,17,20)/t13-/m1/s1. The van der Waals surface area contributed by atoms with Crippen LogP contribution in [-0.2, 0) is 4.84 Å². The predicted molar refractivity (Wildman–Crippen MR) is 83.8 cm³/mol. The number of nitrogens with one attached hydrogen (secondary N) is 1. The molecule has 6 heteroatoms. The Morgan fingerprint density at radius 3 is 2.76 bits per heavy atom. The van der Waals surface area contributed by atoms with E-state index in [2.05, 4.69) is 10.5 Å². The van der Waals surface area contributed by atoms with Crippen molar-refractivity contribution in [2.75, 3.05) is 13.6 Å². The van der Waals surface area contributed by atoms with E-state index in [4.69, 9.17) is 16.4 Å². The quantitative estimate of drug-likeness (QED) is 0.930. The molecule has 1 aliphatic heterocycles. The smallest absolute Gasteiger partial charge is 0.317 e. The van der Waals surface area contributed by atoms with Gasteiger partial charge in [-0.25, -0.2) is 4.79 Å². The summed E-state index contributed by atoms with van der Waals surface area (Å²) in [5, 5.41) is 7.64. The Kier molecular flexibility index (Phi) is 5.07. The van der Waals surface area contributed by atoms with E-state index < -0.39 is 0 Å². The molecule has 2 rings (SSSR count). The molecule has 21 heavy (non-hydrogen) atoms. The van der Waals surface area contributed by atoms with Gasteiger partial charge in [0, 0.05) is 24.5 Å². The number of hydrogen-bond acceptors (Lipinski definition) is 3. The zero-order valence-corrected chi connectivity index (χ0v) is 13.2. The van der Waals surface area contributed by atoms with Crippen molar-refractivity contribution in [1.29, 1.82) is 0 Å². The average Bonchev–Trinajstić information content (AvgIpc) is 2.87. The van der Waals surface area contributed by atoms with Crippen LogP contribution < -0.4 is 5.32 Å². The summed E-state index contributed by atoms with van der Waals surface area (Å²) in [6.45, 7) is 4.36. The molecule has 1 atom stereocenters. The van der Waals surface area contributed by atoms with Gasteiger partial charge in [-0.3, -0.25) is 0 Å². The van der Waals surface area contributed by atoms with Crippen LogP contribution >= 0.6 is 11.6 Å². The minimum absolute atomic E-state index is 0.103. The molecule has 1 heterocycles. The van der Waals surface area contributed by atoms with Crippen LogP contribution in [0.5, 0.6) is 0 Å². The van der Waals surface area contributed by atoms with Crippen molar-refractivity contribution in [1.82, 2.24) is 10.2 Å². The molecule has 0 unspecified atom stereocenters. The number of urea groups is 1. The second-order valence-corrected chi connectivity index (χ2v) is 5.90. The van der Waals surface area contributed by atoms with Crippen molar-refractivity contribution in [3.05, 3.63) is 34.9 Å². The van der Waals surface area contributed by atoms with Crippen LogP contribution in [0.25, 0.3) is 0 Å². The fourth-order valence-corrected chi connectivity index (χ4v) is 2.21. The Bertz CT molecular complexity index is 528. The predicted octanol–water partition coefficient (Wildman–Crippen LogP) is 2.88. The summed E-state index contributed by atoms with van der Waals surface area (Å²) in [5.74, 6) is 0. The number of likely N-dealkylation sites (N-methyl/N-ethyl adjacent to an activating group) is 1. The van der Waals surface area contributed by atoms with Crippen LogP contribution in [0.2, 0.25) is 5.02 Å². The number of halogens is 1. The van der Waals surface area contributed by atoms with Gasteiger partial charge in [0.05, 0.1) is 12.3 Å². The molecule has 0 aliphatic carbocycles. The third-order valence-corrected chi connectivity index (χ3v) is 3.40. The zero-order chi connectivity index (χ0) is 15.4. The highest BCUT2D eigenvalue weighted by molar-refractivity contribution is 6.30. The molecule has 0 saturated heterocycles. The number of benzene rings is 1. The highest BCUT2D eigenvalue weighted by Gasteiger charge is 2.25. The third kappa shape index (κ3) is 4.36. The lowest BCUT2D eigenvalue weighted by atomic mass is 10.1. The summed E-state index contributed by atoms with van der Waals surface area (Å²) >= 11 is 5.87. The van der Waals surface area contributed by atoms with Crippen LogP contribution in [0.4, 0.5) is 4.79 Å². The van der Waals surface area contributed by atoms with E-state index >= 15 is 0 Å². The van der Waals surface area contributed by atoms with Crippen LogP contribution in [0.1, 0.15) is 25.8 Å². The lowest BCUT2D eigenvalue weighted by molar-refractivity contribution is 0.0655. The van der Waals surface area contributed by atoms with Crippen molar-refractivity contribution < 1.29 is 9.63 Å². The minimum atomic E-state index is -0.112. The van der Waals surface area contributed by atoms with Crippen molar-refractivity contribution in [3.8, 4) is 0 Å². The average molecular weight is 310 g/mol. The number of carbonyl (C=O) groups excluding carboxylic acids is 1. The Morgan fingerprint density at radius 2 is 2.14 bits per heavy atom. The molecule has 1 aromatic carbocycles. The maximum absolute atomic E-state index is 11.8. The van der Waals surface area contributed by atoms with Crippen molar-refractivity contribution in [2.24, 2.45) is 5.16 Å². The van der Waals surface area contributed by atoms with Crippen LogP contribution in [0.15, 0.2) is 29.4 Å². The number of carbonyl (C=O) groups is 1. The largest absolute Gasteiger partial charge is 0.390 e. The molecule has 5 nitrogen and oxygen atoms in total. The normalized spacial score (nSPS) is 17.4. The molecule has 2 amide bonds. The summed E-state index contributed by atoms with van der Waals surface area (Å²) in [6.07, 6.45) is 0.569. The SMILES string of the molecule is CC(C)NC(=O)N(C)C[C@H]1CC(c2ccc(Cl)cc2)=NO1. The van der Waals surface area contributed by atoms with E-state index in [9.17, 15) is 4.79 Å². The van der Waals surface area contributed by atoms with E-state index in [0.717, 1.165) is 11.3 Å². The highest BCUT2D eigenvalue weighted by Crippen LogP contribution is 2.19. The second-order valence-electron chi connectivity index (χ2n) is 5.46. The number of rotatable bonds is 4. The first kappa shape index (κ1) is 15.6. The monoisotopic (exact) mass is 309 g/mol. The second kappa shape index (κ2) is 6.80. The fourth-order valence-electron chi connectivity index (χ4n) is 2.08. The van der Waals surface area contributed by atoms with E-state index in [0.29, 0.717) is 18.0 Å². The molecule has 1 N–H and O–H groups in total. The van der Waals surface area contributed by atoms with E-state index in [1.54, 1.807) is 11.9 Å². The van der Waals surface area contributed by atoms with Gasteiger partial charge in [-0.1, -0.05) is 28.9 Å². The lowest BCUT2D eigenvalue weighted by Gasteiger charge is -2.21. The Balaban J connectivity index is 1.87. The van der Waals surface area contributed by atoms with Crippen LogP contribution in [0, 0.1) is 0 Å². The Labute approximate surface area is 129 Å². The minimum Gasteiger partial charge on any atom is -0.390 e. The van der Waals surface area contributed by atoms with Gasteiger partial charge in [0.15, 0.2) is 6.10 Å². The third-order valence-electron chi connectivity index (χ3n) is 3.15. The summed E-state index contributed by atoms with van der Waals surface area (Å²) in [4.78, 5) is 18.9. The molecular weight excluding hydrogens is 290 g/mol. The maximum atomic E-state index is 11.8. The van der Waals surface area contributed by atoms with Gasteiger partial charge in [0.1, 0.15) is 0 Å². The summed E-state index contributed by atoms with van der Waals surface area (Å²) in [7, 11) is 1.75. The maximum Gasteiger partial charge on any atom is 0.317 e. The van der Waals surface area contributed by atoms with Crippen molar-refractivity contribution >= 4 is 23.3 Å². The topological polar surface area (TPSA) is 53.9 Å². The molecule has 1 aliphatic rings. The molecule has 0 aromatic heterocycles. The molecule has 0 spiro atoms. The first-order chi connectivity index (χ1) is 9.95. The molecule has 114 valence electrons. The van der Waals surface area contributed by atoms with Gasteiger partial charge in [0.2, 0.25) is 0 Å². The number of nitrogens with zero attached hydrogens (tertiary/aromatic N) is 2. The van der Waals surface area contributed by atoms with E-state index in [1.165, 1.54) is 0 Å². The molecule has 0 saturated carbocycles. The summed E-state index contributed by atoms with van der Waals surface area (Å²) in [5.41, 5.74) is 1.88. The number of oxime groups is 1. The number of hydrogen-bond donors (Lipinski definition) is 1. The van der Waals surface area contributed by atoms with Crippen molar-refractivity contribution in [3.63, 3.8) is 0 Å². The van der Waals surface area contributed by atoms with Gasteiger partial charge in [-0.15, -0.1) is 0 Å². The Hall–Kier alpha value is -1.75. The Morgan fingerprint density at radius 1 is 1.48 bits per heavy atom. The molecular formula is C15H20ClN3O2.